The van der Waals surface area contributed by atoms with E-state index in [1.54, 1.807) is 0 Å². The van der Waals surface area contributed by atoms with Crippen molar-refractivity contribution < 1.29 is 4.79 Å². The zero-order valence-electron chi connectivity index (χ0n) is 10.0. The summed E-state index contributed by atoms with van der Waals surface area (Å²) in [5.74, 6) is 1.13. The predicted molar refractivity (Wildman–Crippen MR) is 60.5 cm³/mol. The molecule has 15 heavy (non-hydrogen) atoms. The van der Waals surface area contributed by atoms with Gasteiger partial charge >= 0.3 is 0 Å². The summed E-state index contributed by atoms with van der Waals surface area (Å²) in [5, 5.41) is 0. The van der Waals surface area contributed by atoms with E-state index in [0.717, 1.165) is 12.8 Å². The third-order valence-corrected chi connectivity index (χ3v) is 5.12. The largest absolute Gasteiger partial charge is 0.294 e. The van der Waals surface area contributed by atoms with Gasteiger partial charge in [-0.1, -0.05) is 26.3 Å². The second-order valence-electron chi connectivity index (χ2n) is 6.48. The van der Waals surface area contributed by atoms with Gasteiger partial charge in [-0.05, 0) is 49.0 Å². The minimum Gasteiger partial charge on any atom is -0.294 e. The van der Waals surface area contributed by atoms with Gasteiger partial charge in [0.15, 0.2) is 5.78 Å². The number of hydrogen-bond acceptors (Lipinski definition) is 1. The number of hydrogen-bond donors (Lipinski definition) is 0. The highest BCUT2D eigenvalue weighted by atomic mass is 16.1. The van der Waals surface area contributed by atoms with Crippen molar-refractivity contribution in [1.82, 2.24) is 0 Å². The van der Waals surface area contributed by atoms with Crippen molar-refractivity contribution in [1.29, 1.82) is 0 Å². The average molecular weight is 204 g/mol. The molecule has 1 atom stereocenters. The van der Waals surface area contributed by atoms with E-state index in [0.29, 0.717) is 17.1 Å². The summed E-state index contributed by atoms with van der Waals surface area (Å²) >= 11 is 0. The Morgan fingerprint density at radius 1 is 1.20 bits per heavy atom. The number of carbonyl (C=O) groups is 1. The van der Waals surface area contributed by atoms with Crippen LogP contribution in [-0.2, 0) is 4.79 Å². The van der Waals surface area contributed by atoms with Crippen molar-refractivity contribution in [3.63, 3.8) is 0 Å². The van der Waals surface area contributed by atoms with Gasteiger partial charge in [0.2, 0.25) is 0 Å². The molecule has 3 rings (SSSR count). The Morgan fingerprint density at radius 2 is 1.87 bits per heavy atom. The zero-order chi connectivity index (χ0) is 10.8. The molecule has 3 aliphatic carbocycles. The molecular formula is C14H20O. The monoisotopic (exact) mass is 204 g/mol. The SMILES string of the molecule is CC1C2=C(CCC13CC3)C(=O)C(C)(C)C2. The van der Waals surface area contributed by atoms with E-state index in [4.69, 9.17) is 0 Å². The van der Waals surface area contributed by atoms with Gasteiger partial charge in [0.1, 0.15) is 0 Å². The Bertz CT molecular complexity index is 369. The van der Waals surface area contributed by atoms with Gasteiger partial charge < -0.3 is 0 Å². The molecule has 1 heteroatoms. The van der Waals surface area contributed by atoms with E-state index in [1.165, 1.54) is 30.4 Å². The summed E-state index contributed by atoms with van der Waals surface area (Å²) in [6.07, 6.45) is 6.18. The molecule has 0 bridgehead atoms. The highest BCUT2D eigenvalue weighted by molar-refractivity contribution is 6.03. The number of ketones is 1. The van der Waals surface area contributed by atoms with Gasteiger partial charge in [0.05, 0.1) is 0 Å². The molecule has 0 aromatic carbocycles. The molecule has 0 radical (unpaired) electrons. The maximum Gasteiger partial charge on any atom is 0.164 e. The molecule has 1 spiro atoms. The van der Waals surface area contributed by atoms with Crippen LogP contribution in [0.1, 0.15) is 52.9 Å². The molecule has 0 N–H and O–H groups in total. The van der Waals surface area contributed by atoms with Crippen molar-refractivity contribution in [3.8, 4) is 0 Å². The molecule has 0 saturated heterocycles. The van der Waals surface area contributed by atoms with Gasteiger partial charge in [-0.15, -0.1) is 0 Å². The van der Waals surface area contributed by atoms with Gasteiger partial charge in [-0.2, -0.15) is 0 Å². The van der Waals surface area contributed by atoms with Gasteiger partial charge in [0.25, 0.3) is 0 Å². The van der Waals surface area contributed by atoms with Crippen molar-refractivity contribution in [2.24, 2.45) is 16.7 Å². The van der Waals surface area contributed by atoms with E-state index in [-0.39, 0.29) is 5.41 Å². The first-order valence-corrected chi connectivity index (χ1v) is 6.23. The predicted octanol–water partition coefficient (Wildman–Crippen LogP) is 3.49. The van der Waals surface area contributed by atoms with Crippen molar-refractivity contribution >= 4 is 5.78 Å². The minimum atomic E-state index is -0.0979. The summed E-state index contributed by atoms with van der Waals surface area (Å²) in [6.45, 7) is 6.58. The van der Waals surface area contributed by atoms with Crippen LogP contribution in [0.5, 0.6) is 0 Å². The number of allylic oxidation sites excluding steroid dienone is 2. The quantitative estimate of drug-likeness (QED) is 0.590. The summed E-state index contributed by atoms with van der Waals surface area (Å²) in [5.41, 5.74) is 3.26. The summed E-state index contributed by atoms with van der Waals surface area (Å²) in [6, 6.07) is 0. The smallest absolute Gasteiger partial charge is 0.164 e. The third kappa shape index (κ3) is 1.12. The maximum atomic E-state index is 12.2. The molecule has 0 amide bonds. The first-order valence-electron chi connectivity index (χ1n) is 6.23. The first kappa shape index (κ1) is 9.62. The fourth-order valence-electron chi connectivity index (χ4n) is 3.71. The average Bonchev–Trinajstić information content (AvgIpc) is 2.89. The second-order valence-corrected chi connectivity index (χ2v) is 6.48. The van der Waals surface area contributed by atoms with Gasteiger partial charge in [0, 0.05) is 5.41 Å². The lowest BCUT2D eigenvalue weighted by molar-refractivity contribution is -0.122. The van der Waals surface area contributed by atoms with Crippen LogP contribution in [0.4, 0.5) is 0 Å². The Kier molecular flexibility index (Phi) is 1.64. The Hall–Kier alpha value is -0.590. The zero-order valence-corrected chi connectivity index (χ0v) is 10.0. The van der Waals surface area contributed by atoms with Gasteiger partial charge in [-0.3, -0.25) is 4.79 Å². The lowest BCUT2D eigenvalue weighted by Crippen LogP contribution is -2.21. The molecule has 0 aromatic rings. The molecular weight excluding hydrogens is 184 g/mol. The Labute approximate surface area is 91.9 Å². The van der Waals surface area contributed by atoms with Crippen LogP contribution in [-0.4, -0.2) is 5.78 Å². The van der Waals surface area contributed by atoms with Crippen LogP contribution < -0.4 is 0 Å². The van der Waals surface area contributed by atoms with Crippen LogP contribution in [0.15, 0.2) is 11.1 Å². The fraction of sp³-hybridized carbons (Fsp3) is 0.786. The summed E-state index contributed by atoms with van der Waals surface area (Å²) in [4.78, 5) is 12.2. The summed E-state index contributed by atoms with van der Waals surface area (Å²) < 4.78 is 0. The highest BCUT2D eigenvalue weighted by Gasteiger charge is 2.54. The minimum absolute atomic E-state index is 0.0979. The van der Waals surface area contributed by atoms with Crippen LogP contribution in [0.3, 0.4) is 0 Å². The standard InChI is InChI=1S/C14H20O/c1-9-11-8-13(2,3)12(15)10(11)4-5-14(9)6-7-14/h9H,4-8H2,1-3H3. The maximum absolute atomic E-state index is 12.2. The van der Waals surface area contributed by atoms with Crippen molar-refractivity contribution in [2.45, 2.75) is 52.9 Å². The Morgan fingerprint density at radius 3 is 2.47 bits per heavy atom. The molecule has 1 saturated carbocycles. The molecule has 0 aromatic heterocycles. The van der Waals surface area contributed by atoms with E-state index >= 15 is 0 Å². The molecule has 0 heterocycles. The molecule has 1 unspecified atom stereocenters. The van der Waals surface area contributed by atoms with Crippen LogP contribution in [0, 0.1) is 16.7 Å². The van der Waals surface area contributed by atoms with Gasteiger partial charge in [-0.25, -0.2) is 0 Å². The molecule has 3 aliphatic rings. The lowest BCUT2D eigenvalue weighted by Gasteiger charge is -2.30. The van der Waals surface area contributed by atoms with Crippen LogP contribution >= 0.6 is 0 Å². The van der Waals surface area contributed by atoms with Crippen LogP contribution in [0.25, 0.3) is 0 Å². The number of carbonyl (C=O) groups excluding carboxylic acids is 1. The third-order valence-electron chi connectivity index (χ3n) is 5.12. The van der Waals surface area contributed by atoms with Crippen molar-refractivity contribution in [3.05, 3.63) is 11.1 Å². The lowest BCUT2D eigenvalue weighted by atomic mass is 9.74. The Balaban J connectivity index is 2.00. The molecule has 1 fully saturated rings. The molecule has 82 valence electrons. The van der Waals surface area contributed by atoms with E-state index in [2.05, 4.69) is 20.8 Å². The van der Waals surface area contributed by atoms with E-state index in [1.807, 2.05) is 0 Å². The summed E-state index contributed by atoms with van der Waals surface area (Å²) in [7, 11) is 0. The fourth-order valence-corrected chi connectivity index (χ4v) is 3.71. The molecule has 0 aliphatic heterocycles. The van der Waals surface area contributed by atoms with E-state index < -0.39 is 0 Å². The van der Waals surface area contributed by atoms with Crippen LogP contribution in [0.2, 0.25) is 0 Å². The second kappa shape index (κ2) is 2.56. The van der Waals surface area contributed by atoms with Crippen molar-refractivity contribution in [2.75, 3.05) is 0 Å². The van der Waals surface area contributed by atoms with E-state index in [9.17, 15) is 4.79 Å². The first-order chi connectivity index (χ1) is 6.96. The number of rotatable bonds is 0. The topological polar surface area (TPSA) is 17.1 Å². The number of Topliss-reactive ketones (excluding diaryl/α,β-unsaturated/α-hetero) is 1. The molecule has 1 nitrogen and oxygen atoms in total. The normalized spacial score (nSPS) is 35.9. The highest BCUT2D eigenvalue weighted by Crippen LogP contribution is 2.63.